The lowest BCUT2D eigenvalue weighted by Gasteiger charge is -2.05. The van der Waals surface area contributed by atoms with Crippen LogP contribution < -0.4 is 5.73 Å². The fourth-order valence-electron chi connectivity index (χ4n) is 1.25. The largest absolute Gasteiger partial charge is 0.398 e. The van der Waals surface area contributed by atoms with Crippen LogP contribution >= 0.6 is 0 Å². The number of aromatic amines is 1. The summed E-state index contributed by atoms with van der Waals surface area (Å²) in [6.07, 6.45) is 3.51. The van der Waals surface area contributed by atoms with E-state index in [1.165, 1.54) is 0 Å². The van der Waals surface area contributed by atoms with Crippen molar-refractivity contribution < 1.29 is 0 Å². The van der Waals surface area contributed by atoms with Gasteiger partial charge < -0.3 is 10.7 Å². The monoisotopic (exact) mass is 237 g/mol. The zero-order valence-corrected chi connectivity index (χ0v) is 9.65. The molecule has 0 aliphatic heterocycles. The van der Waals surface area contributed by atoms with Gasteiger partial charge in [-0.15, -0.1) is 0 Å². The Morgan fingerprint density at radius 3 is 2.87 bits per heavy atom. The van der Waals surface area contributed by atoms with E-state index < -0.39 is 0 Å². The Labute approximate surface area is 95.3 Å². The minimum Gasteiger partial charge on any atom is -0.398 e. The fraction of sp³-hybridized carbons (Fsp3) is 0.100. The van der Waals surface area contributed by atoms with Crippen LogP contribution in [0.5, 0.6) is 0 Å². The molecule has 1 unspecified atom stereocenters. The Balaban J connectivity index is 2.17. The minimum atomic E-state index is -0.327. The molecule has 0 spiro atoms. The lowest BCUT2D eigenvalue weighted by molar-refractivity contribution is 1.05. The maximum Gasteiger partial charge on any atom is 0.169 e. The molecular formula is C10H11N3S2. The topological polar surface area (TPSA) is 54.7 Å². The highest BCUT2D eigenvalue weighted by molar-refractivity contribution is 8.28. The van der Waals surface area contributed by atoms with E-state index >= 15 is 0 Å². The number of nitrogens with two attached hydrogens (primary N) is 1. The number of hydrogen-bond acceptors (Lipinski definition) is 3. The number of para-hydroxylation sites is 1. The molecule has 0 aliphatic carbocycles. The van der Waals surface area contributed by atoms with Gasteiger partial charge >= 0.3 is 0 Å². The number of nitrogen functional groups attached to an aromatic ring is 1. The third kappa shape index (κ3) is 2.43. The van der Waals surface area contributed by atoms with Crippen molar-refractivity contribution in [3.05, 3.63) is 42.2 Å². The van der Waals surface area contributed by atoms with Gasteiger partial charge in [-0.2, -0.15) is 0 Å². The van der Waals surface area contributed by atoms with E-state index in [9.17, 15) is 0 Å². The Morgan fingerprint density at radius 2 is 2.20 bits per heavy atom. The molecule has 1 atom stereocenters. The van der Waals surface area contributed by atoms with Crippen molar-refractivity contribution in [3.63, 3.8) is 0 Å². The molecule has 0 radical (unpaired) electrons. The summed E-state index contributed by atoms with van der Waals surface area (Å²) in [5.74, 6) is 0.759. The van der Waals surface area contributed by atoms with Crippen molar-refractivity contribution in [1.29, 1.82) is 0 Å². The molecule has 3 nitrogen and oxygen atoms in total. The van der Waals surface area contributed by atoms with Crippen LogP contribution in [0.1, 0.15) is 5.56 Å². The Kier molecular flexibility index (Phi) is 3.13. The summed E-state index contributed by atoms with van der Waals surface area (Å²) < 4.78 is 0. The quantitative estimate of drug-likeness (QED) is 0.798. The zero-order chi connectivity index (χ0) is 10.7. The van der Waals surface area contributed by atoms with Gasteiger partial charge in [0.05, 0.1) is 0 Å². The van der Waals surface area contributed by atoms with E-state index in [2.05, 4.69) is 9.97 Å². The first-order valence-electron chi connectivity index (χ1n) is 4.48. The summed E-state index contributed by atoms with van der Waals surface area (Å²) in [7, 11) is -0.327. The molecule has 0 amide bonds. The molecule has 1 heterocycles. The van der Waals surface area contributed by atoms with E-state index in [1.54, 1.807) is 12.4 Å². The van der Waals surface area contributed by atoms with Crippen molar-refractivity contribution in [2.75, 3.05) is 5.73 Å². The van der Waals surface area contributed by atoms with Crippen LogP contribution in [0.3, 0.4) is 0 Å². The Hall–Kier alpha value is -1.20. The van der Waals surface area contributed by atoms with E-state index in [1.807, 2.05) is 24.3 Å². The summed E-state index contributed by atoms with van der Waals surface area (Å²) >= 11 is 5.38. The van der Waals surface area contributed by atoms with Crippen molar-refractivity contribution in [1.82, 2.24) is 9.97 Å². The van der Waals surface area contributed by atoms with Gasteiger partial charge in [0, 0.05) is 23.8 Å². The number of nitrogens with one attached hydrogen (secondary N) is 1. The molecule has 15 heavy (non-hydrogen) atoms. The number of imidazole rings is 1. The van der Waals surface area contributed by atoms with Gasteiger partial charge in [0.2, 0.25) is 0 Å². The van der Waals surface area contributed by atoms with Gasteiger partial charge in [-0.05, 0) is 22.8 Å². The zero-order valence-electron chi connectivity index (χ0n) is 8.01. The van der Waals surface area contributed by atoms with Crippen LogP contribution in [0.15, 0.2) is 41.8 Å². The number of hydrogen-bond donors (Lipinski definition) is 2. The van der Waals surface area contributed by atoms with Crippen LogP contribution in [-0.2, 0) is 26.4 Å². The third-order valence-corrected chi connectivity index (χ3v) is 4.09. The van der Waals surface area contributed by atoms with E-state index in [-0.39, 0.29) is 9.45 Å². The summed E-state index contributed by atoms with van der Waals surface area (Å²) in [6.45, 7) is 0. The molecule has 2 rings (SSSR count). The highest BCUT2D eigenvalue weighted by Gasteiger charge is 2.05. The van der Waals surface area contributed by atoms with Crippen LogP contribution in [0, 0.1) is 0 Å². The fourth-order valence-corrected chi connectivity index (χ4v) is 2.96. The normalized spacial score (nSPS) is 12.5. The summed E-state index contributed by atoms with van der Waals surface area (Å²) in [4.78, 5) is 7.19. The molecule has 0 fully saturated rings. The van der Waals surface area contributed by atoms with Gasteiger partial charge in [-0.3, -0.25) is 0 Å². The number of H-pyrrole nitrogens is 1. The molecule has 3 N–H and O–H groups in total. The van der Waals surface area contributed by atoms with Crippen LogP contribution in [0.25, 0.3) is 0 Å². The molecule has 1 aromatic carbocycles. The molecule has 78 valence electrons. The number of aromatic nitrogens is 2. The first-order chi connectivity index (χ1) is 7.27. The van der Waals surface area contributed by atoms with Crippen LogP contribution in [0.4, 0.5) is 5.69 Å². The van der Waals surface area contributed by atoms with Gasteiger partial charge in [0.15, 0.2) is 5.16 Å². The van der Waals surface area contributed by atoms with Gasteiger partial charge in [0.1, 0.15) is 0 Å². The smallest absolute Gasteiger partial charge is 0.169 e. The molecule has 2 aromatic rings. The highest BCUT2D eigenvalue weighted by atomic mass is 32.8. The van der Waals surface area contributed by atoms with Crippen molar-refractivity contribution in [2.24, 2.45) is 0 Å². The number of benzene rings is 1. The lowest BCUT2D eigenvalue weighted by atomic mass is 10.2. The van der Waals surface area contributed by atoms with Crippen molar-refractivity contribution in [3.8, 4) is 0 Å². The maximum atomic E-state index is 5.85. The van der Waals surface area contributed by atoms with E-state index in [0.29, 0.717) is 0 Å². The molecule has 0 saturated carbocycles. The summed E-state index contributed by atoms with van der Waals surface area (Å²) in [5.41, 5.74) is 7.74. The van der Waals surface area contributed by atoms with Crippen molar-refractivity contribution >= 4 is 26.3 Å². The minimum absolute atomic E-state index is 0.327. The number of nitrogens with zero attached hydrogens (tertiary/aromatic N) is 1. The average Bonchev–Trinajstić information content (AvgIpc) is 2.74. The van der Waals surface area contributed by atoms with Crippen molar-refractivity contribution in [2.45, 2.75) is 10.9 Å². The second kappa shape index (κ2) is 4.55. The van der Waals surface area contributed by atoms with Gasteiger partial charge in [-0.25, -0.2) is 4.98 Å². The Morgan fingerprint density at radius 1 is 1.40 bits per heavy atom. The standard InChI is InChI=1S/C10H11N3S2/c11-9-4-2-1-3-8(9)7-15(14)10-12-5-6-13-10/h1-6H,7,11H2,(H,12,13). The summed E-state index contributed by atoms with van der Waals surface area (Å²) in [6, 6.07) is 7.79. The molecule has 0 saturated heterocycles. The number of rotatable bonds is 3. The second-order valence-electron chi connectivity index (χ2n) is 3.08. The SMILES string of the molecule is Nc1ccccc1CS(=S)c1ncc[nH]1. The Bertz CT molecular complexity index is 465. The molecular weight excluding hydrogens is 226 g/mol. The van der Waals surface area contributed by atoms with Crippen LogP contribution in [0.2, 0.25) is 0 Å². The number of anilines is 1. The summed E-state index contributed by atoms with van der Waals surface area (Å²) in [5, 5.41) is 0.855. The van der Waals surface area contributed by atoms with Crippen LogP contribution in [-0.4, -0.2) is 9.97 Å². The molecule has 1 aromatic heterocycles. The van der Waals surface area contributed by atoms with Gasteiger partial charge in [-0.1, -0.05) is 27.7 Å². The molecule has 0 aliphatic rings. The highest BCUT2D eigenvalue weighted by Crippen LogP contribution is 2.15. The second-order valence-corrected chi connectivity index (χ2v) is 5.66. The first kappa shape index (κ1) is 10.3. The maximum absolute atomic E-state index is 5.85. The third-order valence-electron chi connectivity index (χ3n) is 2.03. The van der Waals surface area contributed by atoms with Gasteiger partial charge in [0.25, 0.3) is 0 Å². The predicted octanol–water partition coefficient (Wildman–Crippen LogP) is 1.63. The molecule has 0 bridgehead atoms. The van der Waals surface area contributed by atoms with E-state index in [4.69, 9.17) is 16.9 Å². The predicted molar refractivity (Wildman–Crippen MR) is 66.1 cm³/mol. The van der Waals surface area contributed by atoms with E-state index in [0.717, 1.165) is 22.2 Å². The average molecular weight is 237 g/mol. The molecule has 5 heteroatoms. The first-order valence-corrected chi connectivity index (χ1v) is 6.80. The lowest BCUT2D eigenvalue weighted by Crippen LogP contribution is -2.00.